The van der Waals surface area contributed by atoms with Gasteiger partial charge in [0.2, 0.25) is 0 Å². The first kappa shape index (κ1) is 29.4. The second kappa shape index (κ2) is 12.3. The summed E-state index contributed by atoms with van der Waals surface area (Å²) in [5.41, 5.74) is 12.0. The number of benzene rings is 7. The molecule has 0 aliphatic carbocycles. The first-order valence-corrected chi connectivity index (χ1v) is 16.8. The van der Waals surface area contributed by atoms with E-state index in [1.54, 1.807) is 6.20 Å². The SMILES string of the molecule is N=C/C(=C\N=Cn1c2ccccc2c2ccc3c(c4ccccc4n3-c3ccc(-c4ccccc4)cc3)c21)c1ccc(-c2ccccc2)cc1. The molecule has 4 nitrogen and oxygen atoms in total. The van der Waals surface area contributed by atoms with Crippen LogP contribution in [0.2, 0.25) is 0 Å². The van der Waals surface area contributed by atoms with Crippen LogP contribution in [0.15, 0.2) is 181 Å². The van der Waals surface area contributed by atoms with Crippen molar-refractivity contribution in [2.75, 3.05) is 0 Å². The van der Waals surface area contributed by atoms with Crippen LogP contribution in [0.5, 0.6) is 0 Å². The quantitative estimate of drug-likeness (QED) is 0.133. The molecule has 9 rings (SSSR count). The van der Waals surface area contributed by atoms with Crippen LogP contribution in [-0.2, 0) is 0 Å². The van der Waals surface area contributed by atoms with Crippen LogP contribution in [0.4, 0.5) is 0 Å². The average molecular weight is 641 g/mol. The number of nitrogens with one attached hydrogen (secondary N) is 1. The number of rotatable bonds is 7. The van der Waals surface area contributed by atoms with E-state index >= 15 is 0 Å². The number of hydrogen-bond acceptors (Lipinski definition) is 2. The third-order valence-electron chi connectivity index (χ3n) is 9.62. The standard InChI is InChI=1S/C46H32N4/c47-29-37(36-21-19-34(20-22-36)32-11-3-1-4-12-32)30-48-31-49-42-17-9-7-15-39(42)40-27-28-44-45(46(40)49)41-16-8-10-18-43(41)50(44)38-25-23-35(24-26-38)33-13-5-2-6-14-33/h1-31,47H/b37-30+,47-29?,48-31?. The van der Waals surface area contributed by atoms with Crippen molar-refractivity contribution < 1.29 is 0 Å². The summed E-state index contributed by atoms with van der Waals surface area (Å²) in [6.07, 6.45) is 5.05. The van der Waals surface area contributed by atoms with Crippen molar-refractivity contribution in [2.45, 2.75) is 0 Å². The number of fused-ring (bicyclic) bond motifs is 7. The number of aromatic nitrogens is 2. The fraction of sp³-hybridized carbons (Fsp3) is 0. The zero-order valence-electron chi connectivity index (χ0n) is 27.2. The zero-order valence-corrected chi connectivity index (χ0v) is 27.2. The molecular formula is C46H32N4. The van der Waals surface area contributed by atoms with Crippen LogP contribution in [0.3, 0.4) is 0 Å². The zero-order chi connectivity index (χ0) is 33.4. The number of aliphatic imine (C=N–C) groups is 1. The third kappa shape index (κ3) is 4.94. The van der Waals surface area contributed by atoms with E-state index in [1.165, 1.54) is 44.4 Å². The maximum Gasteiger partial charge on any atom is 0.0996 e. The molecule has 2 heterocycles. The Morgan fingerprint density at radius 2 is 1.04 bits per heavy atom. The van der Waals surface area contributed by atoms with Gasteiger partial charge in [-0.05, 0) is 58.1 Å². The van der Waals surface area contributed by atoms with E-state index in [-0.39, 0.29) is 0 Å². The Morgan fingerprint density at radius 1 is 0.480 bits per heavy atom. The molecule has 2 aromatic heterocycles. The van der Waals surface area contributed by atoms with Gasteiger partial charge in [0.25, 0.3) is 0 Å². The normalized spacial score (nSPS) is 12.1. The fourth-order valence-electron chi connectivity index (χ4n) is 7.23. The highest BCUT2D eigenvalue weighted by molar-refractivity contribution is 6.27. The molecule has 236 valence electrons. The van der Waals surface area contributed by atoms with E-state index in [1.807, 2.05) is 24.5 Å². The van der Waals surface area contributed by atoms with Crippen LogP contribution >= 0.6 is 0 Å². The first-order valence-electron chi connectivity index (χ1n) is 16.8. The van der Waals surface area contributed by atoms with Crippen molar-refractivity contribution >= 4 is 61.7 Å². The molecule has 0 aliphatic rings. The fourth-order valence-corrected chi connectivity index (χ4v) is 7.23. The summed E-state index contributed by atoms with van der Waals surface area (Å²) in [6.45, 7) is 0. The van der Waals surface area contributed by atoms with Gasteiger partial charge in [-0.1, -0.05) is 140 Å². The van der Waals surface area contributed by atoms with Gasteiger partial charge in [0.1, 0.15) is 0 Å². The third-order valence-corrected chi connectivity index (χ3v) is 9.62. The monoisotopic (exact) mass is 640 g/mol. The lowest BCUT2D eigenvalue weighted by Gasteiger charge is -2.10. The topological polar surface area (TPSA) is 46.1 Å². The summed E-state index contributed by atoms with van der Waals surface area (Å²) in [6, 6.07) is 59.6. The average Bonchev–Trinajstić information content (AvgIpc) is 3.70. The Kier molecular flexibility index (Phi) is 7.25. The van der Waals surface area contributed by atoms with Gasteiger partial charge in [-0.25, -0.2) is 4.99 Å². The molecule has 0 bridgehead atoms. The summed E-state index contributed by atoms with van der Waals surface area (Å²) >= 11 is 0. The Bertz CT molecular complexity index is 2730. The summed E-state index contributed by atoms with van der Waals surface area (Å²) < 4.78 is 4.57. The van der Waals surface area contributed by atoms with Crippen molar-refractivity contribution in [3.05, 3.63) is 182 Å². The van der Waals surface area contributed by atoms with Crippen LogP contribution in [0.1, 0.15) is 5.56 Å². The van der Waals surface area contributed by atoms with E-state index in [9.17, 15) is 0 Å². The van der Waals surface area contributed by atoms with Crippen LogP contribution < -0.4 is 0 Å². The molecule has 0 spiro atoms. The molecule has 0 atom stereocenters. The van der Waals surface area contributed by atoms with Gasteiger partial charge in [-0.15, -0.1) is 0 Å². The molecule has 0 fully saturated rings. The van der Waals surface area contributed by atoms with E-state index in [2.05, 4.69) is 161 Å². The van der Waals surface area contributed by atoms with Crippen molar-refractivity contribution in [2.24, 2.45) is 4.99 Å². The molecule has 0 unspecified atom stereocenters. The molecule has 0 aliphatic heterocycles. The largest absolute Gasteiger partial charge is 0.309 e. The van der Waals surface area contributed by atoms with Gasteiger partial charge >= 0.3 is 0 Å². The molecule has 4 heteroatoms. The predicted molar refractivity (Wildman–Crippen MR) is 212 cm³/mol. The minimum absolute atomic E-state index is 0.738. The molecule has 0 radical (unpaired) electrons. The lowest BCUT2D eigenvalue weighted by atomic mass is 10.0. The Morgan fingerprint density at radius 3 is 1.70 bits per heavy atom. The summed E-state index contributed by atoms with van der Waals surface area (Å²) in [4.78, 5) is 4.85. The maximum absolute atomic E-state index is 8.20. The highest BCUT2D eigenvalue weighted by Gasteiger charge is 2.19. The van der Waals surface area contributed by atoms with Crippen LogP contribution in [-0.4, -0.2) is 21.7 Å². The molecule has 0 saturated heterocycles. The van der Waals surface area contributed by atoms with E-state index < -0.39 is 0 Å². The van der Waals surface area contributed by atoms with Gasteiger partial charge in [0.05, 0.1) is 28.4 Å². The van der Waals surface area contributed by atoms with Gasteiger partial charge < -0.3 is 9.98 Å². The second-order valence-electron chi connectivity index (χ2n) is 12.4. The molecule has 9 aromatic rings. The Balaban J connectivity index is 1.19. The summed E-state index contributed by atoms with van der Waals surface area (Å²) in [7, 11) is 0. The van der Waals surface area contributed by atoms with Gasteiger partial charge in [0.15, 0.2) is 0 Å². The minimum Gasteiger partial charge on any atom is -0.309 e. The number of para-hydroxylation sites is 2. The smallest absolute Gasteiger partial charge is 0.0996 e. The van der Waals surface area contributed by atoms with Crippen LogP contribution in [0.25, 0.3) is 77.1 Å². The lowest BCUT2D eigenvalue weighted by molar-refractivity contribution is 1.18. The van der Waals surface area contributed by atoms with Gasteiger partial charge in [-0.3, -0.25) is 4.57 Å². The van der Waals surface area contributed by atoms with E-state index in [4.69, 9.17) is 10.4 Å². The Hall–Kier alpha value is -6.78. The summed E-state index contributed by atoms with van der Waals surface area (Å²) in [5.74, 6) is 0. The predicted octanol–water partition coefficient (Wildman–Crippen LogP) is 11.8. The first-order chi connectivity index (χ1) is 24.8. The van der Waals surface area contributed by atoms with E-state index in [0.29, 0.717) is 0 Å². The number of allylic oxidation sites excluding steroid dienone is 1. The van der Waals surface area contributed by atoms with E-state index in [0.717, 1.165) is 44.5 Å². The molecule has 0 amide bonds. The molecular weight excluding hydrogens is 609 g/mol. The van der Waals surface area contributed by atoms with Crippen molar-refractivity contribution in [3.63, 3.8) is 0 Å². The second-order valence-corrected chi connectivity index (χ2v) is 12.4. The molecule has 0 saturated carbocycles. The molecule has 50 heavy (non-hydrogen) atoms. The molecule has 7 aromatic carbocycles. The van der Waals surface area contributed by atoms with Crippen molar-refractivity contribution in [3.8, 4) is 27.9 Å². The van der Waals surface area contributed by atoms with Crippen LogP contribution in [0, 0.1) is 5.41 Å². The maximum atomic E-state index is 8.20. The Labute approximate surface area is 290 Å². The van der Waals surface area contributed by atoms with Crippen molar-refractivity contribution in [1.29, 1.82) is 5.41 Å². The number of hydrogen-bond donors (Lipinski definition) is 1. The van der Waals surface area contributed by atoms with Gasteiger partial charge in [-0.2, -0.15) is 0 Å². The highest BCUT2D eigenvalue weighted by Crippen LogP contribution is 2.40. The van der Waals surface area contributed by atoms with Gasteiger partial charge in [0, 0.05) is 45.2 Å². The highest BCUT2D eigenvalue weighted by atomic mass is 15.0. The number of nitrogens with zero attached hydrogens (tertiary/aromatic N) is 3. The molecule has 1 N–H and O–H groups in total. The van der Waals surface area contributed by atoms with Crippen molar-refractivity contribution in [1.82, 2.24) is 9.13 Å². The summed E-state index contributed by atoms with van der Waals surface area (Å²) in [5, 5.41) is 12.9. The lowest BCUT2D eigenvalue weighted by Crippen LogP contribution is -1.96. The minimum atomic E-state index is 0.738.